The highest BCUT2D eigenvalue weighted by Gasteiger charge is 2.73. The summed E-state index contributed by atoms with van der Waals surface area (Å²) in [4.78, 5) is 24.3. The van der Waals surface area contributed by atoms with Crippen LogP contribution in [-0.4, -0.2) is 68.4 Å². The summed E-state index contributed by atoms with van der Waals surface area (Å²) in [6.45, 7) is 10.8. The molecule has 7 rings (SSSR count). The molecule has 4 heterocycles. The number of nitrogens with one attached hydrogen (secondary N) is 1. The molecular formula is C39H45F6N5O4SSi. The lowest BCUT2D eigenvalue weighted by Crippen LogP contribution is -2.73. The third-order valence-corrected chi connectivity index (χ3v) is 18.0. The van der Waals surface area contributed by atoms with Gasteiger partial charge in [-0.2, -0.15) is 22.0 Å². The molecule has 2 bridgehead atoms. The highest BCUT2D eigenvalue weighted by Crippen LogP contribution is 2.60. The van der Waals surface area contributed by atoms with Gasteiger partial charge in [-0.3, -0.25) is 9.78 Å². The fourth-order valence-electron chi connectivity index (χ4n) is 7.92. The quantitative estimate of drug-likeness (QED) is 0.107. The van der Waals surface area contributed by atoms with Gasteiger partial charge in [0.15, 0.2) is 13.9 Å². The molecule has 2 aromatic carbocycles. The van der Waals surface area contributed by atoms with Crippen molar-refractivity contribution in [3.8, 4) is 16.9 Å². The predicted molar refractivity (Wildman–Crippen MR) is 203 cm³/mol. The van der Waals surface area contributed by atoms with Gasteiger partial charge < -0.3 is 23.2 Å². The first-order chi connectivity index (χ1) is 25.8. The number of aromatic nitrogens is 3. The van der Waals surface area contributed by atoms with Crippen molar-refractivity contribution in [2.75, 3.05) is 7.05 Å². The molecule has 1 saturated carbocycles. The minimum absolute atomic E-state index is 0.118. The minimum atomic E-state index is -4.81. The van der Waals surface area contributed by atoms with Crippen LogP contribution in [0.1, 0.15) is 100 Å². The van der Waals surface area contributed by atoms with E-state index in [0.29, 0.717) is 40.0 Å². The number of halogens is 6. The van der Waals surface area contributed by atoms with Gasteiger partial charge in [-0.05, 0) is 74.8 Å². The highest BCUT2D eigenvalue weighted by molar-refractivity contribution is 7.90. The Morgan fingerprint density at radius 3 is 2.29 bits per heavy atom. The maximum absolute atomic E-state index is 16.5. The van der Waals surface area contributed by atoms with Crippen molar-refractivity contribution in [2.45, 2.75) is 120 Å². The van der Waals surface area contributed by atoms with Crippen LogP contribution < -0.4 is 9.46 Å². The monoisotopic (exact) mass is 821 g/mol. The molecule has 2 aromatic heterocycles. The summed E-state index contributed by atoms with van der Waals surface area (Å²) >= 11 is -1.90. The number of benzene rings is 2. The first-order valence-corrected chi connectivity index (χ1v) is 22.3. The Morgan fingerprint density at radius 1 is 1.02 bits per heavy atom. The molecule has 0 saturated heterocycles. The first kappa shape index (κ1) is 40.5. The van der Waals surface area contributed by atoms with Gasteiger partial charge in [-0.25, -0.2) is 9.37 Å². The number of imidazole rings is 1. The number of fused-ring (bicyclic) bond motifs is 9. The molecule has 3 atom stereocenters. The van der Waals surface area contributed by atoms with Gasteiger partial charge >= 0.3 is 12.8 Å². The van der Waals surface area contributed by atoms with Crippen LogP contribution in [0, 0.1) is 5.82 Å². The molecule has 0 spiro atoms. The Hall–Kier alpha value is -3.64. The van der Waals surface area contributed by atoms with Crippen molar-refractivity contribution in [1.29, 1.82) is 0 Å². The number of ether oxygens (including phenoxy) is 1. The van der Waals surface area contributed by atoms with E-state index in [1.807, 2.05) is 25.3 Å². The average molecular weight is 822 g/mol. The second kappa shape index (κ2) is 13.2. The number of rotatable bonds is 8. The molecule has 1 amide bonds. The predicted octanol–water partition coefficient (Wildman–Crippen LogP) is 9.32. The molecule has 4 aromatic rings. The third kappa shape index (κ3) is 6.50. The molecule has 9 nitrogen and oxygen atoms in total. The Balaban J connectivity index is 1.29. The second-order valence-electron chi connectivity index (χ2n) is 17.7. The maximum Gasteiger partial charge on any atom is 0.416 e. The summed E-state index contributed by atoms with van der Waals surface area (Å²) < 4.78 is 117. The molecule has 1 N–H and O–H groups in total. The van der Waals surface area contributed by atoms with Gasteiger partial charge in [-0.1, -0.05) is 32.9 Å². The molecule has 1 aliphatic carbocycles. The van der Waals surface area contributed by atoms with Gasteiger partial charge in [0.2, 0.25) is 0 Å². The minimum Gasteiger partial charge on any atom is -0.598 e. The van der Waals surface area contributed by atoms with E-state index in [0.717, 1.165) is 0 Å². The van der Waals surface area contributed by atoms with Crippen LogP contribution >= 0.6 is 0 Å². The fourth-order valence-corrected chi connectivity index (χ4v) is 10.4. The molecule has 0 radical (unpaired) electrons. The van der Waals surface area contributed by atoms with Crippen LogP contribution in [0.25, 0.3) is 22.2 Å². The van der Waals surface area contributed by atoms with E-state index in [9.17, 15) is 18.1 Å². The van der Waals surface area contributed by atoms with Crippen molar-refractivity contribution in [2.24, 2.45) is 0 Å². The van der Waals surface area contributed by atoms with Gasteiger partial charge in [0.25, 0.3) is 5.91 Å². The SMILES string of the molecule is CN1C(=O)c2cccc(OC(F)F)c2[C@H]2C[C@@H]1c1nc3ccc(-c4cnc(C5(N[S+]([O-])C(C)(C)C)CC(O[Si](C)(C)C(C)(C)C)(C(F)(F)F)C5)c(F)c4)cc3n12. The van der Waals surface area contributed by atoms with E-state index in [-0.39, 0.29) is 22.9 Å². The number of hydrogen-bond acceptors (Lipinski definition) is 7. The van der Waals surface area contributed by atoms with Crippen LogP contribution in [0.3, 0.4) is 0 Å². The summed E-state index contributed by atoms with van der Waals surface area (Å²) in [5, 5.41) is -0.552. The molecule has 302 valence electrons. The molecular weight excluding hydrogens is 777 g/mol. The summed E-state index contributed by atoms with van der Waals surface area (Å²) in [7, 11) is -1.37. The maximum atomic E-state index is 16.5. The summed E-state index contributed by atoms with van der Waals surface area (Å²) in [6, 6.07) is 9.77. The fraction of sp³-hybridized carbons (Fsp3) is 0.513. The molecule has 1 unspecified atom stereocenters. The normalized spacial score (nSPS) is 24.6. The zero-order chi connectivity index (χ0) is 41.1. The number of amides is 1. The van der Waals surface area contributed by atoms with Crippen molar-refractivity contribution in [1.82, 2.24) is 24.2 Å². The third-order valence-electron chi connectivity index (χ3n) is 11.8. The number of pyridine rings is 1. The highest BCUT2D eigenvalue weighted by atomic mass is 32.2. The standard InChI is InChI=1S/C39H45F6N5O4SSi/c1-35(2,3)55(52)48-37(19-38(20-37,39(43,44)45)54-56(8,9)36(4,5)6)31-24(40)15-22(18-46-31)21-13-14-25-26(16-21)50-27-17-28(32(50)47-25)49(7)33(51)23-11-10-12-29(30(23)27)53-34(41)42/h10-16,18,27-28,34,48H,17,19-20H2,1-9H3/t27-,28-,37?,38?,55?/m1/s1. The van der Waals surface area contributed by atoms with E-state index >= 15 is 17.6 Å². The topological polar surface area (TPSA) is 105 Å². The largest absolute Gasteiger partial charge is 0.598 e. The number of alkyl halides is 5. The summed E-state index contributed by atoms with van der Waals surface area (Å²) in [5.41, 5.74) is -2.19. The molecule has 2 aliphatic heterocycles. The van der Waals surface area contributed by atoms with E-state index < -0.39 is 84.1 Å². The van der Waals surface area contributed by atoms with E-state index in [1.165, 1.54) is 29.3 Å². The number of carbonyl (C=O) groups excluding carboxylic acids is 1. The molecule has 1 fully saturated rings. The van der Waals surface area contributed by atoms with Gasteiger partial charge in [0, 0.05) is 60.6 Å². The lowest BCUT2D eigenvalue weighted by molar-refractivity contribution is -0.298. The smallest absolute Gasteiger partial charge is 0.416 e. The lowest BCUT2D eigenvalue weighted by atomic mass is 9.63. The Morgan fingerprint density at radius 2 is 1.70 bits per heavy atom. The summed E-state index contributed by atoms with van der Waals surface area (Å²) in [6.07, 6.45) is -4.54. The van der Waals surface area contributed by atoms with Crippen LogP contribution in [0.5, 0.6) is 5.75 Å². The van der Waals surface area contributed by atoms with E-state index in [2.05, 4.69) is 9.71 Å². The number of nitrogens with zero attached hydrogens (tertiary/aromatic N) is 4. The zero-order valence-corrected chi connectivity index (χ0v) is 34.4. The van der Waals surface area contributed by atoms with E-state index in [1.54, 1.807) is 65.2 Å². The molecule has 56 heavy (non-hydrogen) atoms. The van der Waals surface area contributed by atoms with Crippen LogP contribution in [0.4, 0.5) is 26.3 Å². The number of hydrogen-bond donors (Lipinski definition) is 1. The number of carbonyl (C=O) groups is 1. The average Bonchev–Trinajstić information content (AvgIpc) is 3.58. The van der Waals surface area contributed by atoms with Crippen molar-refractivity contribution >= 4 is 36.6 Å². The molecule has 3 aliphatic rings. The van der Waals surface area contributed by atoms with Gasteiger partial charge in [0.05, 0.1) is 23.1 Å². The lowest BCUT2D eigenvalue weighted by Gasteiger charge is -2.58. The van der Waals surface area contributed by atoms with Crippen LogP contribution in [-0.2, 0) is 21.3 Å². The van der Waals surface area contributed by atoms with Crippen LogP contribution in [0.15, 0.2) is 48.7 Å². The Kier molecular flexibility index (Phi) is 9.55. The van der Waals surface area contributed by atoms with Crippen LogP contribution in [0.2, 0.25) is 18.1 Å². The van der Waals surface area contributed by atoms with Crippen molar-refractivity contribution in [3.05, 3.63) is 77.1 Å². The second-order valence-corrected chi connectivity index (χ2v) is 24.3. The van der Waals surface area contributed by atoms with Crippen molar-refractivity contribution in [3.63, 3.8) is 0 Å². The van der Waals surface area contributed by atoms with Crippen molar-refractivity contribution < 1.29 is 44.9 Å². The van der Waals surface area contributed by atoms with Gasteiger partial charge in [-0.15, -0.1) is 4.72 Å². The zero-order valence-electron chi connectivity index (χ0n) is 32.6. The Labute approximate surface area is 325 Å². The van der Waals surface area contributed by atoms with Gasteiger partial charge in [0.1, 0.15) is 33.4 Å². The summed E-state index contributed by atoms with van der Waals surface area (Å²) in [5.74, 6) is -0.810. The van der Waals surface area contributed by atoms with E-state index in [4.69, 9.17) is 14.1 Å². The first-order valence-electron chi connectivity index (χ1n) is 18.3. The molecule has 17 heteroatoms. The Bertz CT molecular complexity index is 2210.